The molecule has 104 valence electrons. The van der Waals surface area contributed by atoms with Gasteiger partial charge in [0.1, 0.15) is 0 Å². The van der Waals surface area contributed by atoms with Gasteiger partial charge >= 0.3 is 0 Å². The van der Waals surface area contributed by atoms with Crippen LogP contribution in [0.15, 0.2) is 18.2 Å². The van der Waals surface area contributed by atoms with Gasteiger partial charge in [0, 0.05) is 12.6 Å². The molecule has 1 unspecified atom stereocenters. The standard InChI is InChI=1S/C14H19ClN2O2/c1-14(2)8-9(6-7-19-14)17-13(18)10-4-3-5-11(16)12(10)15/h3-5,9H,6-8,16H2,1-2H3,(H,17,18). The summed E-state index contributed by atoms with van der Waals surface area (Å²) in [6.45, 7) is 4.71. The van der Waals surface area contributed by atoms with Gasteiger partial charge in [-0.25, -0.2) is 0 Å². The van der Waals surface area contributed by atoms with E-state index >= 15 is 0 Å². The molecule has 0 saturated carbocycles. The molecule has 5 heteroatoms. The van der Waals surface area contributed by atoms with Gasteiger partial charge in [0.25, 0.3) is 5.91 Å². The van der Waals surface area contributed by atoms with Crippen LogP contribution in [-0.4, -0.2) is 24.2 Å². The fraction of sp³-hybridized carbons (Fsp3) is 0.500. The third kappa shape index (κ3) is 3.39. The Labute approximate surface area is 118 Å². The second-order valence-corrected chi connectivity index (χ2v) is 5.86. The number of hydrogen-bond donors (Lipinski definition) is 2. The van der Waals surface area contributed by atoms with Crippen LogP contribution in [-0.2, 0) is 4.74 Å². The normalized spacial score (nSPS) is 21.9. The number of carbonyl (C=O) groups is 1. The molecule has 1 atom stereocenters. The number of ether oxygens (including phenoxy) is 1. The number of amides is 1. The lowest BCUT2D eigenvalue weighted by molar-refractivity contribution is -0.0615. The van der Waals surface area contributed by atoms with Gasteiger partial charge < -0.3 is 15.8 Å². The third-order valence-corrected chi connectivity index (χ3v) is 3.73. The first-order valence-corrected chi connectivity index (χ1v) is 6.76. The molecule has 4 nitrogen and oxygen atoms in total. The zero-order chi connectivity index (χ0) is 14.0. The van der Waals surface area contributed by atoms with Crippen LogP contribution in [0.5, 0.6) is 0 Å². The molecule has 2 rings (SSSR count). The van der Waals surface area contributed by atoms with Crippen molar-refractivity contribution in [3.63, 3.8) is 0 Å². The molecule has 0 aliphatic carbocycles. The Hall–Kier alpha value is -1.26. The second-order valence-electron chi connectivity index (χ2n) is 5.48. The van der Waals surface area contributed by atoms with E-state index in [1.165, 1.54) is 0 Å². The van der Waals surface area contributed by atoms with Gasteiger partial charge in [0.2, 0.25) is 0 Å². The largest absolute Gasteiger partial charge is 0.398 e. The monoisotopic (exact) mass is 282 g/mol. The molecule has 19 heavy (non-hydrogen) atoms. The lowest BCUT2D eigenvalue weighted by atomic mass is 9.94. The molecule has 0 bridgehead atoms. The van der Waals surface area contributed by atoms with Crippen molar-refractivity contribution in [3.8, 4) is 0 Å². The maximum Gasteiger partial charge on any atom is 0.253 e. The highest BCUT2D eigenvalue weighted by Crippen LogP contribution is 2.26. The van der Waals surface area contributed by atoms with E-state index < -0.39 is 0 Å². The van der Waals surface area contributed by atoms with Crippen LogP contribution in [0.1, 0.15) is 37.0 Å². The van der Waals surface area contributed by atoms with Crippen molar-refractivity contribution in [2.75, 3.05) is 12.3 Å². The number of anilines is 1. The first-order chi connectivity index (χ1) is 8.89. The first kappa shape index (κ1) is 14.2. The summed E-state index contributed by atoms with van der Waals surface area (Å²) in [4.78, 5) is 12.2. The van der Waals surface area contributed by atoms with Gasteiger partial charge in [0.15, 0.2) is 0 Å². The lowest BCUT2D eigenvalue weighted by Crippen LogP contribution is -2.45. The van der Waals surface area contributed by atoms with Crippen LogP contribution in [0, 0.1) is 0 Å². The fourth-order valence-electron chi connectivity index (χ4n) is 2.34. The van der Waals surface area contributed by atoms with E-state index in [9.17, 15) is 4.79 Å². The zero-order valence-electron chi connectivity index (χ0n) is 11.2. The molecular weight excluding hydrogens is 264 g/mol. The molecule has 1 aliphatic rings. The van der Waals surface area contributed by atoms with Crippen LogP contribution < -0.4 is 11.1 Å². The lowest BCUT2D eigenvalue weighted by Gasteiger charge is -2.35. The maximum atomic E-state index is 12.2. The van der Waals surface area contributed by atoms with Gasteiger partial charge in [0.05, 0.1) is 21.9 Å². The number of nitrogens with two attached hydrogens (primary N) is 1. The van der Waals surface area contributed by atoms with E-state index in [4.69, 9.17) is 22.1 Å². The second kappa shape index (κ2) is 5.39. The summed E-state index contributed by atoms with van der Waals surface area (Å²) in [5.74, 6) is -0.181. The van der Waals surface area contributed by atoms with Crippen molar-refractivity contribution in [2.24, 2.45) is 0 Å². The Kier molecular flexibility index (Phi) is 4.02. The van der Waals surface area contributed by atoms with E-state index in [1.807, 2.05) is 13.8 Å². The minimum absolute atomic E-state index is 0.105. The van der Waals surface area contributed by atoms with Crippen LogP contribution >= 0.6 is 11.6 Å². The summed E-state index contributed by atoms with van der Waals surface area (Å²) in [7, 11) is 0. The maximum absolute atomic E-state index is 12.2. The molecule has 1 aliphatic heterocycles. The van der Waals surface area contributed by atoms with E-state index in [0.29, 0.717) is 22.9 Å². The van der Waals surface area contributed by atoms with Crippen molar-refractivity contribution in [1.82, 2.24) is 5.32 Å². The van der Waals surface area contributed by atoms with E-state index in [-0.39, 0.29) is 17.6 Å². The Morgan fingerprint density at radius 1 is 1.53 bits per heavy atom. The molecule has 1 fully saturated rings. The summed E-state index contributed by atoms with van der Waals surface area (Å²) >= 11 is 6.05. The van der Waals surface area contributed by atoms with Crippen LogP contribution in [0.4, 0.5) is 5.69 Å². The molecule has 1 saturated heterocycles. The summed E-state index contributed by atoms with van der Waals surface area (Å²) in [6.07, 6.45) is 1.60. The Bertz CT molecular complexity index is 488. The van der Waals surface area contributed by atoms with Crippen molar-refractivity contribution < 1.29 is 9.53 Å². The summed E-state index contributed by atoms with van der Waals surface area (Å²) < 4.78 is 5.63. The van der Waals surface area contributed by atoms with Gasteiger partial charge in [-0.05, 0) is 38.8 Å². The number of rotatable bonds is 2. The number of benzene rings is 1. The molecule has 1 amide bonds. The number of nitrogen functional groups attached to an aromatic ring is 1. The van der Waals surface area contributed by atoms with Gasteiger partial charge in [-0.1, -0.05) is 17.7 Å². The highest BCUT2D eigenvalue weighted by Gasteiger charge is 2.30. The molecular formula is C14H19ClN2O2. The molecule has 1 aromatic carbocycles. The summed E-state index contributed by atoms with van der Waals surface area (Å²) in [6, 6.07) is 5.19. The summed E-state index contributed by atoms with van der Waals surface area (Å²) in [5.41, 5.74) is 6.34. The quantitative estimate of drug-likeness (QED) is 0.820. The number of hydrogen-bond acceptors (Lipinski definition) is 3. The Balaban J connectivity index is 2.07. The van der Waals surface area contributed by atoms with Crippen LogP contribution in [0.3, 0.4) is 0 Å². The minimum Gasteiger partial charge on any atom is -0.398 e. The molecule has 1 heterocycles. The van der Waals surface area contributed by atoms with Crippen LogP contribution in [0.2, 0.25) is 5.02 Å². The molecule has 1 aromatic rings. The van der Waals surface area contributed by atoms with Crippen molar-refractivity contribution in [2.45, 2.75) is 38.3 Å². The average Bonchev–Trinajstić information content (AvgIpc) is 2.31. The average molecular weight is 283 g/mol. The molecule has 0 aromatic heterocycles. The van der Waals surface area contributed by atoms with Crippen molar-refractivity contribution in [3.05, 3.63) is 28.8 Å². The minimum atomic E-state index is -0.199. The SMILES string of the molecule is CC1(C)CC(NC(=O)c2cccc(N)c2Cl)CCO1. The molecule has 3 N–H and O–H groups in total. The number of halogens is 1. The highest BCUT2D eigenvalue weighted by molar-refractivity contribution is 6.36. The molecule has 0 spiro atoms. The van der Waals surface area contributed by atoms with Gasteiger partial charge in [-0.2, -0.15) is 0 Å². The fourth-order valence-corrected chi connectivity index (χ4v) is 2.56. The third-order valence-electron chi connectivity index (χ3n) is 3.31. The van der Waals surface area contributed by atoms with E-state index in [0.717, 1.165) is 12.8 Å². The predicted molar refractivity (Wildman–Crippen MR) is 76.4 cm³/mol. The number of nitrogens with one attached hydrogen (secondary N) is 1. The van der Waals surface area contributed by atoms with Crippen LogP contribution in [0.25, 0.3) is 0 Å². The highest BCUT2D eigenvalue weighted by atomic mass is 35.5. The van der Waals surface area contributed by atoms with Crippen molar-refractivity contribution >= 4 is 23.2 Å². The van der Waals surface area contributed by atoms with Gasteiger partial charge in [-0.15, -0.1) is 0 Å². The van der Waals surface area contributed by atoms with E-state index in [2.05, 4.69) is 5.32 Å². The first-order valence-electron chi connectivity index (χ1n) is 6.38. The zero-order valence-corrected chi connectivity index (χ0v) is 12.0. The van der Waals surface area contributed by atoms with Crippen molar-refractivity contribution in [1.29, 1.82) is 0 Å². The predicted octanol–water partition coefficient (Wildman–Crippen LogP) is 2.61. The number of carbonyl (C=O) groups excluding carboxylic acids is 1. The smallest absolute Gasteiger partial charge is 0.253 e. The topological polar surface area (TPSA) is 64.4 Å². The Morgan fingerprint density at radius 3 is 2.95 bits per heavy atom. The van der Waals surface area contributed by atoms with Gasteiger partial charge in [-0.3, -0.25) is 4.79 Å². The Morgan fingerprint density at radius 2 is 2.26 bits per heavy atom. The molecule has 0 radical (unpaired) electrons. The van der Waals surface area contributed by atoms with E-state index in [1.54, 1.807) is 18.2 Å². The summed E-state index contributed by atoms with van der Waals surface area (Å²) in [5, 5.41) is 3.31.